The molecule has 1 aromatic heterocycles. The Morgan fingerprint density at radius 1 is 1.00 bits per heavy atom. The number of fused-ring (bicyclic) bond motifs is 1. The lowest BCUT2D eigenvalue weighted by Gasteiger charge is -2.48. The van der Waals surface area contributed by atoms with Gasteiger partial charge in [0.2, 0.25) is 0 Å². The molecule has 4 fully saturated rings. The summed E-state index contributed by atoms with van der Waals surface area (Å²) < 4.78 is 45.9. The Hall–Kier alpha value is -1.61. The summed E-state index contributed by atoms with van der Waals surface area (Å²) in [5.74, 6) is 2.39. The number of piperidine rings is 2. The molecular weight excluding hydrogens is 533 g/mol. The first kappa shape index (κ1) is 24.7. The molecule has 0 N–H and O–H groups in total. The quantitative estimate of drug-likeness (QED) is 0.398. The van der Waals surface area contributed by atoms with Crippen molar-refractivity contribution in [2.24, 2.45) is 5.41 Å². The average molecular weight is 567 g/mol. The summed E-state index contributed by atoms with van der Waals surface area (Å²) in [6, 6.07) is 2.12. The molecule has 6 rings (SSSR count). The molecule has 2 saturated carbocycles. The normalized spacial score (nSPS) is 23.3. The fraction of sp³-hybridized carbons (Fsp3) is 0.704. The average Bonchev–Trinajstić information content (AvgIpc) is 3.67. The van der Waals surface area contributed by atoms with Gasteiger partial charge in [-0.25, -0.2) is 9.97 Å². The van der Waals surface area contributed by atoms with E-state index in [4.69, 9.17) is 14.7 Å². The maximum atomic E-state index is 13.2. The molecule has 2 aliphatic carbocycles. The number of anilines is 1. The highest BCUT2D eigenvalue weighted by molar-refractivity contribution is 9.10. The Labute approximate surface area is 218 Å². The number of benzene rings is 1. The SMILES string of the molecule is CN1CCC(c2nc(N3CCC4(CCC4)CC3)c3cc(C4CC4)c(Br)c(OCC(F)(F)F)c3n2)CC1. The van der Waals surface area contributed by atoms with Gasteiger partial charge in [-0.15, -0.1) is 0 Å². The molecular formula is C27H34BrF3N4O. The zero-order chi connectivity index (χ0) is 25.1. The molecule has 2 aromatic rings. The van der Waals surface area contributed by atoms with E-state index in [0.717, 1.165) is 87.3 Å². The van der Waals surface area contributed by atoms with Crippen LogP contribution < -0.4 is 9.64 Å². The first-order valence-corrected chi connectivity index (χ1v) is 14.2. The van der Waals surface area contributed by atoms with E-state index in [1.54, 1.807) is 0 Å². The van der Waals surface area contributed by atoms with Gasteiger partial charge in [0.1, 0.15) is 17.2 Å². The molecule has 0 bridgehead atoms. The van der Waals surface area contributed by atoms with Gasteiger partial charge >= 0.3 is 6.18 Å². The van der Waals surface area contributed by atoms with Gasteiger partial charge in [-0.2, -0.15) is 13.2 Å². The topological polar surface area (TPSA) is 41.5 Å². The van der Waals surface area contributed by atoms with Crippen LogP contribution in [0.1, 0.15) is 81.0 Å². The second-order valence-corrected chi connectivity index (χ2v) is 12.3. The Balaban J connectivity index is 1.46. The largest absolute Gasteiger partial charge is 0.481 e. The number of halogens is 4. The van der Waals surface area contributed by atoms with Crippen molar-refractivity contribution in [3.8, 4) is 5.75 Å². The summed E-state index contributed by atoms with van der Waals surface area (Å²) in [6.07, 6.45) is 5.85. The van der Waals surface area contributed by atoms with Crippen molar-refractivity contribution in [1.82, 2.24) is 14.9 Å². The fourth-order valence-electron chi connectivity index (χ4n) is 6.27. The van der Waals surface area contributed by atoms with E-state index in [1.807, 2.05) is 0 Å². The van der Waals surface area contributed by atoms with Gasteiger partial charge in [-0.1, -0.05) is 6.42 Å². The third-order valence-corrected chi connectivity index (χ3v) is 9.75. The van der Waals surface area contributed by atoms with Crippen molar-refractivity contribution in [3.63, 3.8) is 0 Å². The van der Waals surface area contributed by atoms with Crippen LogP contribution in [-0.2, 0) is 0 Å². The van der Waals surface area contributed by atoms with Crippen molar-refractivity contribution < 1.29 is 17.9 Å². The number of alkyl halides is 3. The van der Waals surface area contributed by atoms with Gasteiger partial charge in [-0.05, 0) is 110 Å². The van der Waals surface area contributed by atoms with E-state index in [-0.39, 0.29) is 11.7 Å². The minimum Gasteiger partial charge on any atom is -0.481 e. The summed E-state index contributed by atoms with van der Waals surface area (Å²) in [5, 5.41) is 0.832. The van der Waals surface area contributed by atoms with Gasteiger partial charge in [0.05, 0.1) is 4.47 Å². The molecule has 1 spiro atoms. The molecule has 0 unspecified atom stereocenters. The fourth-order valence-corrected chi connectivity index (χ4v) is 7.01. The Bertz CT molecular complexity index is 1130. The molecule has 0 radical (unpaired) electrons. The van der Waals surface area contributed by atoms with Gasteiger partial charge in [0, 0.05) is 24.4 Å². The molecule has 4 aliphatic rings. The van der Waals surface area contributed by atoms with Crippen molar-refractivity contribution in [2.75, 3.05) is 44.7 Å². The van der Waals surface area contributed by atoms with Crippen LogP contribution in [0.2, 0.25) is 0 Å². The number of likely N-dealkylation sites (tertiary alicyclic amines) is 1. The van der Waals surface area contributed by atoms with E-state index in [2.05, 4.69) is 38.8 Å². The van der Waals surface area contributed by atoms with Crippen LogP contribution in [0.3, 0.4) is 0 Å². The molecule has 196 valence electrons. The predicted octanol–water partition coefficient (Wildman–Crippen LogP) is 6.79. The standard InChI is InChI=1S/C27H34BrF3N4O/c1-34-11-5-18(6-12-34)24-32-22-20(25(33-24)35-13-9-26(10-14-35)7-2-8-26)15-19(17-3-4-17)21(28)23(22)36-16-27(29,30)31/h15,17-18H,2-14,16H2,1H3. The van der Waals surface area contributed by atoms with Crippen molar-refractivity contribution in [3.05, 3.63) is 21.9 Å². The number of hydrogen-bond donors (Lipinski definition) is 0. The summed E-state index contributed by atoms with van der Waals surface area (Å²) in [5.41, 5.74) is 2.03. The second-order valence-electron chi connectivity index (χ2n) is 11.5. The lowest BCUT2D eigenvalue weighted by molar-refractivity contribution is -0.153. The number of nitrogens with zero attached hydrogens (tertiary/aromatic N) is 4. The summed E-state index contributed by atoms with van der Waals surface area (Å²) >= 11 is 3.62. The predicted molar refractivity (Wildman–Crippen MR) is 138 cm³/mol. The van der Waals surface area contributed by atoms with Crippen LogP contribution in [0.25, 0.3) is 10.9 Å². The van der Waals surface area contributed by atoms with E-state index < -0.39 is 12.8 Å². The summed E-state index contributed by atoms with van der Waals surface area (Å²) in [6.45, 7) is 2.48. The Kier molecular flexibility index (Phi) is 6.38. The van der Waals surface area contributed by atoms with Gasteiger partial charge in [0.25, 0.3) is 0 Å². The third-order valence-electron chi connectivity index (χ3n) is 8.93. The molecule has 0 amide bonds. The number of aromatic nitrogens is 2. The van der Waals surface area contributed by atoms with Gasteiger partial charge < -0.3 is 14.5 Å². The summed E-state index contributed by atoms with van der Waals surface area (Å²) in [7, 11) is 2.12. The number of rotatable bonds is 5. The van der Waals surface area contributed by atoms with Crippen molar-refractivity contribution in [1.29, 1.82) is 0 Å². The zero-order valence-corrected chi connectivity index (χ0v) is 22.4. The van der Waals surface area contributed by atoms with Crippen LogP contribution in [0.15, 0.2) is 10.5 Å². The molecule has 2 aliphatic heterocycles. The number of ether oxygens (including phenoxy) is 1. The van der Waals surface area contributed by atoms with Gasteiger partial charge in [0.15, 0.2) is 12.4 Å². The second kappa shape index (κ2) is 9.29. The van der Waals surface area contributed by atoms with Crippen molar-refractivity contribution >= 4 is 32.7 Å². The highest BCUT2D eigenvalue weighted by atomic mass is 79.9. The minimum absolute atomic E-state index is 0.199. The Morgan fingerprint density at radius 2 is 1.69 bits per heavy atom. The first-order valence-electron chi connectivity index (χ1n) is 13.4. The first-order chi connectivity index (χ1) is 17.2. The van der Waals surface area contributed by atoms with Crippen LogP contribution in [0.5, 0.6) is 5.75 Å². The maximum absolute atomic E-state index is 13.2. The molecule has 3 heterocycles. The maximum Gasteiger partial charge on any atom is 0.422 e. The lowest BCUT2D eigenvalue weighted by atomic mass is 9.63. The van der Waals surface area contributed by atoms with Crippen molar-refractivity contribution in [2.45, 2.75) is 75.8 Å². The van der Waals surface area contributed by atoms with Crippen LogP contribution >= 0.6 is 15.9 Å². The van der Waals surface area contributed by atoms with E-state index in [1.165, 1.54) is 19.3 Å². The lowest BCUT2D eigenvalue weighted by Crippen LogP contribution is -2.44. The highest BCUT2D eigenvalue weighted by Gasteiger charge is 2.41. The molecule has 36 heavy (non-hydrogen) atoms. The summed E-state index contributed by atoms with van der Waals surface area (Å²) in [4.78, 5) is 14.8. The van der Waals surface area contributed by atoms with Crippen LogP contribution in [0.4, 0.5) is 19.0 Å². The molecule has 5 nitrogen and oxygen atoms in total. The molecule has 1 aromatic carbocycles. The highest BCUT2D eigenvalue weighted by Crippen LogP contribution is 2.52. The molecule has 2 saturated heterocycles. The van der Waals surface area contributed by atoms with Gasteiger partial charge in [-0.3, -0.25) is 0 Å². The number of hydrogen-bond acceptors (Lipinski definition) is 5. The van der Waals surface area contributed by atoms with E-state index >= 15 is 0 Å². The van der Waals surface area contributed by atoms with E-state index in [0.29, 0.717) is 21.3 Å². The minimum atomic E-state index is -4.42. The van der Waals surface area contributed by atoms with E-state index in [9.17, 15) is 13.2 Å². The molecule has 0 atom stereocenters. The monoisotopic (exact) mass is 566 g/mol. The zero-order valence-electron chi connectivity index (χ0n) is 20.8. The van der Waals surface area contributed by atoms with Crippen LogP contribution in [-0.4, -0.2) is 60.9 Å². The third kappa shape index (κ3) is 4.82. The smallest absolute Gasteiger partial charge is 0.422 e. The Morgan fingerprint density at radius 3 is 2.28 bits per heavy atom. The van der Waals surface area contributed by atoms with Crippen LogP contribution in [0, 0.1) is 5.41 Å². The molecule has 9 heteroatoms.